The van der Waals surface area contributed by atoms with Crippen molar-refractivity contribution < 1.29 is 4.74 Å². The van der Waals surface area contributed by atoms with Gasteiger partial charge in [-0.25, -0.2) is 0 Å². The van der Waals surface area contributed by atoms with Crippen LogP contribution in [0.3, 0.4) is 0 Å². The highest BCUT2D eigenvalue weighted by Crippen LogP contribution is 2.07. The minimum absolute atomic E-state index is 0.785. The van der Waals surface area contributed by atoms with Crippen molar-refractivity contribution in [3.63, 3.8) is 0 Å². The maximum absolute atomic E-state index is 5.49. The van der Waals surface area contributed by atoms with Crippen LogP contribution in [0.1, 0.15) is 31.7 Å². The van der Waals surface area contributed by atoms with Gasteiger partial charge < -0.3 is 4.74 Å². The average Bonchev–Trinajstić information content (AvgIpc) is 2.57. The van der Waals surface area contributed by atoms with E-state index in [-0.39, 0.29) is 0 Å². The summed E-state index contributed by atoms with van der Waals surface area (Å²) < 4.78 is 5.49. The molecule has 0 fully saturated rings. The second-order valence-corrected chi connectivity index (χ2v) is 3.67. The molecule has 0 aliphatic heterocycles. The molecule has 1 rings (SSSR count). The fourth-order valence-corrected chi connectivity index (χ4v) is 1.67. The molecule has 0 unspecified atom stereocenters. The second-order valence-electron chi connectivity index (χ2n) is 2.89. The minimum Gasteiger partial charge on any atom is -0.377 e. The first-order chi connectivity index (χ1) is 5.93. The molecule has 0 aliphatic rings. The first-order valence-corrected chi connectivity index (χ1v) is 5.46. The average molecular weight is 184 g/mol. The molecule has 1 aromatic rings. The molecule has 1 nitrogen and oxygen atoms in total. The third kappa shape index (κ3) is 3.88. The predicted molar refractivity (Wildman–Crippen MR) is 53.5 cm³/mol. The van der Waals surface area contributed by atoms with Crippen LogP contribution in [0.2, 0.25) is 0 Å². The van der Waals surface area contributed by atoms with Crippen molar-refractivity contribution >= 4 is 11.3 Å². The summed E-state index contributed by atoms with van der Waals surface area (Å²) in [5, 5.41) is 4.23. The number of hydrogen-bond donors (Lipinski definition) is 0. The molecule has 0 N–H and O–H groups in total. The normalized spacial score (nSPS) is 10.4. The van der Waals surface area contributed by atoms with Gasteiger partial charge in [0, 0.05) is 6.61 Å². The molecule has 0 aliphatic carbocycles. The van der Waals surface area contributed by atoms with Gasteiger partial charge in [-0.05, 0) is 28.8 Å². The van der Waals surface area contributed by atoms with E-state index >= 15 is 0 Å². The first-order valence-electron chi connectivity index (χ1n) is 4.52. The molecule has 68 valence electrons. The van der Waals surface area contributed by atoms with Crippen LogP contribution < -0.4 is 0 Å². The molecule has 0 aromatic carbocycles. The Bertz CT molecular complexity index is 182. The van der Waals surface area contributed by atoms with Crippen molar-refractivity contribution in [3.05, 3.63) is 22.4 Å². The first kappa shape index (κ1) is 9.75. The van der Waals surface area contributed by atoms with E-state index in [9.17, 15) is 0 Å². The summed E-state index contributed by atoms with van der Waals surface area (Å²) in [5.74, 6) is 0. The monoisotopic (exact) mass is 184 g/mol. The Balaban J connectivity index is 1.96. The SMILES string of the molecule is CCCCCOCc1ccsc1. The van der Waals surface area contributed by atoms with Crippen LogP contribution in [0, 0.1) is 0 Å². The number of thiophene rings is 1. The molecule has 0 atom stereocenters. The zero-order chi connectivity index (χ0) is 8.65. The molecule has 1 aromatic heterocycles. The van der Waals surface area contributed by atoms with Gasteiger partial charge in [-0.3, -0.25) is 0 Å². The summed E-state index contributed by atoms with van der Waals surface area (Å²) in [5.41, 5.74) is 1.30. The largest absolute Gasteiger partial charge is 0.377 e. The number of unbranched alkanes of at least 4 members (excludes halogenated alkanes) is 2. The minimum atomic E-state index is 0.785. The molecule has 12 heavy (non-hydrogen) atoms. The lowest BCUT2D eigenvalue weighted by Crippen LogP contribution is -1.93. The number of hydrogen-bond acceptors (Lipinski definition) is 2. The van der Waals surface area contributed by atoms with Gasteiger partial charge in [0.05, 0.1) is 6.61 Å². The van der Waals surface area contributed by atoms with Crippen LogP contribution in [0.25, 0.3) is 0 Å². The predicted octanol–water partition coefficient (Wildman–Crippen LogP) is 3.45. The van der Waals surface area contributed by atoms with Gasteiger partial charge in [-0.2, -0.15) is 11.3 Å². The lowest BCUT2D eigenvalue weighted by Gasteiger charge is -2.00. The molecule has 0 saturated heterocycles. The van der Waals surface area contributed by atoms with E-state index < -0.39 is 0 Å². The summed E-state index contributed by atoms with van der Waals surface area (Å²) in [6, 6.07) is 2.12. The van der Waals surface area contributed by atoms with E-state index in [1.807, 2.05) is 0 Å². The van der Waals surface area contributed by atoms with Crippen molar-refractivity contribution in [2.45, 2.75) is 32.8 Å². The number of ether oxygens (including phenoxy) is 1. The summed E-state index contributed by atoms with van der Waals surface area (Å²) in [6.07, 6.45) is 3.74. The fraction of sp³-hybridized carbons (Fsp3) is 0.600. The lowest BCUT2D eigenvalue weighted by atomic mass is 10.3. The Hall–Kier alpha value is -0.340. The molecule has 0 radical (unpaired) electrons. The van der Waals surface area contributed by atoms with Gasteiger partial charge in [0.25, 0.3) is 0 Å². The van der Waals surface area contributed by atoms with Crippen LogP contribution in [0.5, 0.6) is 0 Å². The Morgan fingerprint density at radius 3 is 3.00 bits per heavy atom. The van der Waals surface area contributed by atoms with Crippen LogP contribution in [0.4, 0.5) is 0 Å². The van der Waals surface area contributed by atoms with Gasteiger partial charge >= 0.3 is 0 Å². The van der Waals surface area contributed by atoms with Crippen molar-refractivity contribution in [1.82, 2.24) is 0 Å². The summed E-state index contributed by atoms with van der Waals surface area (Å²) in [6.45, 7) is 3.90. The highest BCUT2D eigenvalue weighted by atomic mass is 32.1. The zero-order valence-corrected chi connectivity index (χ0v) is 8.40. The molecular formula is C10H16OS. The quantitative estimate of drug-likeness (QED) is 0.615. The van der Waals surface area contributed by atoms with Crippen LogP contribution >= 0.6 is 11.3 Å². The smallest absolute Gasteiger partial charge is 0.0724 e. The summed E-state index contributed by atoms with van der Waals surface area (Å²) in [4.78, 5) is 0. The fourth-order valence-electron chi connectivity index (χ4n) is 1.02. The van der Waals surface area contributed by atoms with Crippen molar-refractivity contribution in [2.24, 2.45) is 0 Å². The second kappa shape index (κ2) is 6.21. The highest BCUT2D eigenvalue weighted by molar-refractivity contribution is 7.07. The number of rotatable bonds is 6. The van der Waals surface area contributed by atoms with E-state index in [2.05, 4.69) is 23.8 Å². The molecule has 2 heteroatoms. The van der Waals surface area contributed by atoms with Crippen LogP contribution in [0.15, 0.2) is 16.8 Å². The summed E-state index contributed by atoms with van der Waals surface area (Å²) >= 11 is 1.73. The van der Waals surface area contributed by atoms with Gasteiger partial charge in [0.1, 0.15) is 0 Å². The van der Waals surface area contributed by atoms with Crippen molar-refractivity contribution in [1.29, 1.82) is 0 Å². The summed E-state index contributed by atoms with van der Waals surface area (Å²) in [7, 11) is 0. The molecule has 0 spiro atoms. The van der Waals surface area contributed by atoms with Gasteiger partial charge in [-0.15, -0.1) is 0 Å². The molecule has 0 amide bonds. The third-order valence-corrected chi connectivity index (χ3v) is 2.47. The van der Waals surface area contributed by atoms with Gasteiger partial charge in [-0.1, -0.05) is 19.8 Å². The van der Waals surface area contributed by atoms with Crippen molar-refractivity contribution in [3.8, 4) is 0 Å². The standard InChI is InChI=1S/C10H16OS/c1-2-3-4-6-11-8-10-5-7-12-9-10/h5,7,9H,2-4,6,8H2,1H3. The highest BCUT2D eigenvalue weighted by Gasteiger charge is 1.92. The lowest BCUT2D eigenvalue weighted by molar-refractivity contribution is 0.117. The molecule has 1 heterocycles. The Labute approximate surface area is 78.4 Å². The zero-order valence-electron chi connectivity index (χ0n) is 7.58. The Kier molecular flexibility index (Phi) is 5.04. The topological polar surface area (TPSA) is 9.23 Å². The molecule has 0 bridgehead atoms. The molecule has 0 saturated carbocycles. The van der Waals surface area contributed by atoms with Crippen LogP contribution in [-0.2, 0) is 11.3 Å². The van der Waals surface area contributed by atoms with E-state index in [1.165, 1.54) is 24.8 Å². The maximum atomic E-state index is 5.49. The Morgan fingerprint density at radius 2 is 2.33 bits per heavy atom. The van der Waals surface area contributed by atoms with E-state index in [1.54, 1.807) is 11.3 Å². The van der Waals surface area contributed by atoms with Gasteiger partial charge in [0.15, 0.2) is 0 Å². The van der Waals surface area contributed by atoms with E-state index in [0.717, 1.165) is 13.2 Å². The van der Waals surface area contributed by atoms with Gasteiger partial charge in [0.2, 0.25) is 0 Å². The van der Waals surface area contributed by atoms with E-state index in [4.69, 9.17) is 4.74 Å². The Morgan fingerprint density at radius 1 is 1.42 bits per heavy atom. The third-order valence-electron chi connectivity index (χ3n) is 1.74. The maximum Gasteiger partial charge on any atom is 0.0724 e. The molecular weight excluding hydrogens is 168 g/mol. The van der Waals surface area contributed by atoms with Crippen LogP contribution in [-0.4, -0.2) is 6.61 Å². The van der Waals surface area contributed by atoms with Crippen molar-refractivity contribution in [2.75, 3.05) is 6.61 Å². The van der Waals surface area contributed by atoms with E-state index in [0.29, 0.717) is 0 Å².